The molecule has 3 nitrogen and oxygen atoms in total. The summed E-state index contributed by atoms with van der Waals surface area (Å²) in [6.07, 6.45) is 0. The van der Waals surface area contributed by atoms with Crippen molar-refractivity contribution >= 4 is 20.9 Å². The van der Waals surface area contributed by atoms with E-state index in [1.165, 1.54) is 6.07 Å². The minimum Gasteiger partial charge on any atom is -0.230 e. The lowest BCUT2D eigenvalue weighted by molar-refractivity contribution is 0.586. The van der Waals surface area contributed by atoms with E-state index in [9.17, 15) is 12.8 Å². The molecule has 136 valence electrons. The molecule has 0 unspecified atom stereocenters. The summed E-state index contributed by atoms with van der Waals surface area (Å²) in [6, 6.07) is 20.4. The van der Waals surface area contributed by atoms with E-state index in [2.05, 4.69) is 0 Å². The molecule has 0 bridgehead atoms. The zero-order chi connectivity index (χ0) is 19.2. The number of fused-ring (bicyclic) bond motifs is 1. The summed E-state index contributed by atoms with van der Waals surface area (Å²) in [6.45, 7) is 3.71. The third-order valence-electron chi connectivity index (χ3n) is 4.76. The van der Waals surface area contributed by atoms with Crippen molar-refractivity contribution in [3.05, 3.63) is 89.7 Å². The molecule has 4 rings (SSSR count). The van der Waals surface area contributed by atoms with Gasteiger partial charge in [-0.1, -0.05) is 60.2 Å². The van der Waals surface area contributed by atoms with E-state index in [1.54, 1.807) is 36.4 Å². The lowest BCUT2D eigenvalue weighted by Crippen LogP contribution is -2.15. The number of aromatic nitrogens is 1. The van der Waals surface area contributed by atoms with Gasteiger partial charge in [-0.2, -0.15) is 0 Å². The Bertz CT molecular complexity index is 1240. The number of aryl methyl sites for hydroxylation is 2. The number of halogens is 1. The van der Waals surface area contributed by atoms with Crippen LogP contribution < -0.4 is 0 Å². The van der Waals surface area contributed by atoms with Gasteiger partial charge in [0.15, 0.2) is 0 Å². The first kappa shape index (κ1) is 17.5. The molecule has 1 heterocycles. The summed E-state index contributed by atoms with van der Waals surface area (Å²) >= 11 is 0. The van der Waals surface area contributed by atoms with E-state index in [0.29, 0.717) is 11.1 Å². The molecule has 3 aromatic carbocycles. The summed E-state index contributed by atoms with van der Waals surface area (Å²) in [7, 11) is -3.99. The fourth-order valence-corrected chi connectivity index (χ4v) is 5.00. The third-order valence-corrected chi connectivity index (χ3v) is 6.47. The maximum Gasteiger partial charge on any atom is 0.268 e. The second kappa shape index (κ2) is 6.35. The number of rotatable bonds is 3. The highest BCUT2D eigenvalue weighted by Gasteiger charge is 2.28. The Morgan fingerprint density at radius 1 is 0.815 bits per heavy atom. The molecule has 0 saturated heterocycles. The molecular formula is C22H18FNO2S. The molecule has 5 heteroatoms. The second-order valence-electron chi connectivity index (χ2n) is 6.56. The fourth-order valence-electron chi connectivity index (χ4n) is 3.40. The molecule has 0 aliphatic carbocycles. The Labute approximate surface area is 157 Å². The van der Waals surface area contributed by atoms with Gasteiger partial charge < -0.3 is 0 Å². The molecule has 1 aromatic heterocycles. The smallest absolute Gasteiger partial charge is 0.230 e. The summed E-state index contributed by atoms with van der Waals surface area (Å²) in [4.78, 5) is 0.130. The predicted molar refractivity (Wildman–Crippen MR) is 106 cm³/mol. The summed E-state index contributed by atoms with van der Waals surface area (Å²) in [5, 5.41) is 0.588. The van der Waals surface area contributed by atoms with Crippen LogP contribution in [0.2, 0.25) is 0 Å². The standard InChI is InChI=1S/C22H18FNO2S/c1-15-11-13-18(14-12-15)27(25,26)24-21(17-7-4-3-5-8-17)16(2)19-9-6-10-20(23)22(19)24/h3-14H,1-2H3. The zero-order valence-electron chi connectivity index (χ0n) is 15.0. The van der Waals surface area contributed by atoms with Crippen molar-refractivity contribution in [1.29, 1.82) is 0 Å². The van der Waals surface area contributed by atoms with Gasteiger partial charge in [-0.25, -0.2) is 16.8 Å². The van der Waals surface area contributed by atoms with E-state index in [-0.39, 0.29) is 10.4 Å². The molecule has 0 saturated carbocycles. The van der Waals surface area contributed by atoms with Crippen LogP contribution in [0, 0.1) is 19.7 Å². The van der Waals surface area contributed by atoms with E-state index in [0.717, 1.165) is 20.7 Å². The zero-order valence-corrected chi connectivity index (χ0v) is 15.8. The highest BCUT2D eigenvalue weighted by Crippen LogP contribution is 2.37. The van der Waals surface area contributed by atoms with Crippen LogP contribution in [0.4, 0.5) is 4.39 Å². The van der Waals surface area contributed by atoms with Gasteiger partial charge in [-0.15, -0.1) is 0 Å². The Kier molecular flexibility index (Phi) is 4.12. The molecule has 0 radical (unpaired) electrons. The van der Waals surface area contributed by atoms with Gasteiger partial charge in [0, 0.05) is 5.39 Å². The molecule has 0 aliphatic heterocycles. The van der Waals surface area contributed by atoms with Crippen LogP contribution in [0.1, 0.15) is 11.1 Å². The summed E-state index contributed by atoms with van der Waals surface area (Å²) in [5.41, 5.74) is 2.97. The van der Waals surface area contributed by atoms with Gasteiger partial charge >= 0.3 is 0 Å². The monoisotopic (exact) mass is 379 g/mol. The van der Waals surface area contributed by atoms with Crippen LogP contribution in [-0.2, 0) is 10.0 Å². The molecule has 0 amide bonds. The lowest BCUT2D eigenvalue weighted by atomic mass is 10.1. The molecule has 4 aromatic rings. The molecule has 0 spiro atoms. The highest BCUT2D eigenvalue weighted by molar-refractivity contribution is 7.90. The van der Waals surface area contributed by atoms with Crippen LogP contribution in [0.15, 0.2) is 77.7 Å². The number of benzene rings is 3. The maximum absolute atomic E-state index is 14.8. The summed E-state index contributed by atoms with van der Waals surface area (Å²) in [5.74, 6) is -0.562. The van der Waals surface area contributed by atoms with Crippen molar-refractivity contribution in [2.45, 2.75) is 18.7 Å². The van der Waals surface area contributed by atoms with E-state index < -0.39 is 15.8 Å². The Hall–Kier alpha value is -2.92. The maximum atomic E-state index is 14.8. The second-order valence-corrected chi connectivity index (χ2v) is 8.34. The van der Waals surface area contributed by atoms with Crippen molar-refractivity contribution in [3.63, 3.8) is 0 Å². The van der Waals surface area contributed by atoms with Crippen molar-refractivity contribution < 1.29 is 12.8 Å². The van der Waals surface area contributed by atoms with Crippen LogP contribution in [0.3, 0.4) is 0 Å². The number of hydrogen-bond donors (Lipinski definition) is 0. The number of hydrogen-bond acceptors (Lipinski definition) is 2. The van der Waals surface area contributed by atoms with Gasteiger partial charge in [0.1, 0.15) is 11.3 Å². The van der Waals surface area contributed by atoms with Gasteiger partial charge in [0.05, 0.1) is 10.6 Å². The Morgan fingerprint density at radius 3 is 2.15 bits per heavy atom. The third kappa shape index (κ3) is 2.75. The first-order valence-electron chi connectivity index (χ1n) is 8.58. The van der Waals surface area contributed by atoms with Gasteiger partial charge in [-0.05, 0) is 43.2 Å². The average Bonchev–Trinajstić information content (AvgIpc) is 2.98. The molecule has 0 aliphatic rings. The van der Waals surface area contributed by atoms with Crippen LogP contribution in [0.5, 0.6) is 0 Å². The summed E-state index contributed by atoms with van der Waals surface area (Å²) < 4.78 is 43.0. The minimum atomic E-state index is -3.99. The number of para-hydroxylation sites is 1. The quantitative estimate of drug-likeness (QED) is 0.484. The topological polar surface area (TPSA) is 39.1 Å². The van der Waals surface area contributed by atoms with Crippen LogP contribution in [-0.4, -0.2) is 12.4 Å². The first-order chi connectivity index (χ1) is 12.9. The van der Waals surface area contributed by atoms with Crippen molar-refractivity contribution in [3.8, 4) is 11.3 Å². The van der Waals surface area contributed by atoms with Gasteiger partial charge in [0.25, 0.3) is 10.0 Å². The Morgan fingerprint density at radius 2 is 1.48 bits per heavy atom. The molecule has 0 N–H and O–H groups in total. The minimum absolute atomic E-state index is 0.0782. The van der Waals surface area contributed by atoms with E-state index in [1.807, 2.05) is 44.2 Å². The van der Waals surface area contributed by atoms with Gasteiger partial charge in [-0.3, -0.25) is 0 Å². The highest BCUT2D eigenvalue weighted by atomic mass is 32.2. The molecular weight excluding hydrogens is 361 g/mol. The average molecular weight is 379 g/mol. The first-order valence-corrected chi connectivity index (χ1v) is 10.0. The van der Waals surface area contributed by atoms with Gasteiger partial charge in [0.2, 0.25) is 0 Å². The van der Waals surface area contributed by atoms with E-state index >= 15 is 0 Å². The van der Waals surface area contributed by atoms with Crippen LogP contribution in [0.25, 0.3) is 22.2 Å². The van der Waals surface area contributed by atoms with E-state index in [4.69, 9.17) is 0 Å². The Balaban J connectivity index is 2.15. The van der Waals surface area contributed by atoms with Crippen molar-refractivity contribution in [2.24, 2.45) is 0 Å². The molecule has 0 atom stereocenters. The SMILES string of the molecule is Cc1ccc(S(=O)(=O)n2c(-c3ccccc3)c(C)c3cccc(F)c32)cc1. The fraction of sp³-hybridized carbons (Fsp3) is 0.0909. The van der Waals surface area contributed by atoms with Crippen molar-refractivity contribution in [1.82, 2.24) is 3.97 Å². The van der Waals surface area contributed by atoms with Crippen molar-refractivity contribution in [2.75, 3.05) is 0 Å². The molecule has 0 fully saturated rings. The largest absolute Gasteiger partial charge is 0.268 e. The lowest BCUT2D eigenvalue weighted by Gasteiger charge is -2.13. The van der Waals surface area contributed by atoms with Crippen LogP contribution >= 0.6 is 0 Å². The molecule has 27 heavy (non-hydrogen) atoms. The number of nitrogens with zero attached hydrogens (tertiary/aromatic N) is 1. The predicted octanol–water partition coefficient (Wildman–Crippen LogP) is 5.30. The normalized spacial score (nSPS) is 11.8.